The van der Waals surface area contributed by atoms with Crippen molar-refractivity contribution < 1.29 is 18.7 Å². The zero-order chi connectivity index (χ0) is 35.5. The molecular formula is C39H35FN6O5. The molecule has 1 fully saturated rings. The van der Waals surface area contributed by atoms with Crippen molar-refractivity contribution in [1.29, 1.82) is 0 Å². The molecule has 11 nitrogen and oxygen atoms in total. The average molecular weight is 687 g/mol. The molecule has 1 atom stereocenters. The van der Waals surface area contributed by atoms with Crippen LogP contribution in [0.3, 0.4) is 0 Å². The standard InChI is InChI=1S/C39H35FN6O5/c1-45(37(48)27-13-11-24(12-14-27)22-41-39(50)51-23-25-7-3-2-4-8-25)29-17-15-26(16-18-29)31(21-28-9-5-6-10-32(28)40)34-42-33-35(43-34)46(30-19-20-30)38(49)44-36(33)47/h2-18,30-31H,19-23H2,1H3,(H,41,50)(H,42,43)(H,44,47,49). The van der Waals surface area contributed by atoms with Crippen LogP contribution in [0.1, 0.15) is 63.2 Å². The number of carbonyl (C=O) groups is 2. The van der Waals surface area contributed by atoms with Crippen LogP contribution >= 0.6 is 0 Å². The number of ether oxygens (including phenoxy) is 1. The van der Waals surface area contributed by atoms with Gasteiger partial charge in [0.15, 0.2) is 5.65 Å². The Morgan fingerprint density at radius 2 is 1.63 bits per heavy atom. The van der Waals surface area contributed by atoms with Crippen molar-refractivity contribution in [2.45, 2.75) is 44.4 Å². The number of nitrogens with zero attached hydrogens (tertiary/aromatic N) is 3. The number of H-pyrrole nitrogens is 2. The van der Waals surface area contributed by atoms with Crippen LogP contribution in [0, 0.1) is 5.82 Å². The van der Waals surface area contributed by atoms with Crippen LogP contribution in [-0.2, 0) is 24.3 Å². The molecule has 1 saturated carbocycles. The summed E-state index contributed by atoms with van der Waals surface area (Å²) in [6.07, 6.45) is 1.34. The number of nitrogens with one attached hydrogen (secondary N) is 3. The molecule has 2 heterocycles. The predicted octanol–water partition coefficient (Wildman–Crippen LogP) is 5.96. The van der Waals surface area contributed by atoms with Crippen molar-refractivity contribution >= 4 is 28.9 Å². The summed E-state index contributed by atoms with van der Waals surface area (Å²) in [7, 11) is 1.68. The summed E-state index contributed by atoms with van der Waals surface area (Å²) in [5, 5.41) is 2.72. The molecule has 2 amide bonds. The van der Waals surface area contributed by atoms with E-state index in [1.807, 2.05) is 42.5 Å². The number of imidazole rings is 1. The Balaban J connectivity index is 1.07. The van der Waals surface area contributed by atoms with Crippen LogP contribution in [0.5, 0.6) is 0 Å². The Labute approximate surface area is 291 Å². The first-order chi connectivity index (χ1) is 24.7. The summed E-state index contributed by atoms with van der Waals surface area (Å²) < 4.78 is 21.7. The lowest BCUT2D eigenvalue weighted by atomic mass is 9.91. The Kier molecular flexibility index (Phi) is 9.30. The summed E-state index contributed by atoms with van der Waals surface area (Å²) in [5.41, 5.74) is 3.45. The number of alkyl carbamates (subject to hydrolysis) is 1. The number of hydrogen-bond donors (Lipinski definition) is 3. The van der Waals surface area contributed by atoms with E-state index in [0.717, 1.165) is 29.5 Å². The fraction of sp³-hybridized carbons (Fsp3) is 0.205. The van der Waals surface area contributed by atoms with Crippen LogP contribution in [0.4, 0.5) is 14.9 Å². The quantitative estimate of drug-likeness (QED) is 0.154. The topological polar surface area (TPSA) is 142 Å². The van der Waals surface area contributed by atoms with Gasteiger partial charge in [0, 0.05) is 36.8 Å². The maximum absolute atomic E-state index is 14.9. The van der Waals surface area contributed by atoms with Crippen LogP contribution in [0.15, 0.2) is 113 Å². The highest BCUT2D eigenvalue weighted by Crippen LogP contribution is 2.36. The fourth-order valence-corrected chi connectivity index (χ4v) is 6.08. The van der Waals surface area contributed by atoms with E-state index in [2.05, 4.69) is 15.3 Å². The smallest absolute Gasteiger partial charge is 0.407 e. The average Bonchev–Trinajstić information content (AvgIpc) is 3.89. The summed E-state index contributed by atoms with van der Waals surface area (Å²) >= 11 is 0. The summed E-state index contributed by atoms with van der Waals surface area (Å²) in [6, 6.07) is 30.1. The third kappa shape index (κ3) is 7.35. The molecule has 0 aliphatic heterocycles. The minimum atomic E-state index is -0.559. The number of amides is 2. The largest absolute Gasteiger partial charge is 0.445 e. The number of benzene rings is 4. The van der Waals surface area contributed by atoms with Crippen molar-refractivity contribution in [3.8, 4) is 0 Å². The molecule has 1 unspecified atom stereocenters. The van der Waals surface area contributed by atoms with E-state index < -0.39 is 23.3 Å². The number of anilines is 1. The second-order valence-electron chi connectivity index (χ2n) is 12.6. The summed E-state index contributed by atoms with van der Waals surface area (Å²) in [6.45, 7) is 0.413. The SMILES string of the molecule is CN(C(=O)c1ccc(CNC(=O)OCc2ccccc2)cc1)c1ccc(C(Cc2ccccc2F)c2nc3c([nH]2)c(=O)[nH]c(=O)n3C2CC2)cc1. The third-order valence-electron chi connectivity index (χ3n) is 9.06. The third-order valence-corrected chi connectivity index (χ3v) is 9.06. The second-order valence-corrected chi connectivity index (χ2v) is 12.6. The number of hydrogen-bond acceptors (Lipinski definition) is 6. The van der Waals surface area contributed by atoms with Gasteiger partial charge >= 0.3 is 11.8 Å². The van der Waals surface area contributed by atoms with Crippen molar-refractivity contribution in [2.24, 2.45) is 0 Å². The normalized spacial score (nSPS) is 13.1. The first kappa shape index (κ1) is 33.2. The van der Waals surface area contributed by atoms with Crippen molar-refractivity contribution in [3.63, 3.8) is 0 Å². The van der Waals surface area contributed by atoms with Gasteiger partial charge in [0.05, 0.1) is 0 Å². The van der Waals surface area contributed by atoms with Gasteiger partial charge in [-0.3, -0.25) is 19.1 Å². The molecule has 1 aliphatic rings. The number of rotatable bonds is 11. The Hall–Kier alpha value is -6.30. The Bertz CT molecular complexity index is 2310. The van der Waals surface area contributed by atoms with E-state index in [9.17, 15) is 23.6 Å². The fourth-order valence-electron chi connectivity index (χ4n) is 6.08. The first-order valence-corrected chi connectivity index (χ1v) is 16.6. The highest BCUT2D eigenvalue weighted by Gasteiger charge is 2.30. The van der Waals surface area contributed by atoms with Gasteiger partial charge in [-0.15, -0.1) is 0 Å². The molecular weight excluding hydrogens is 651 g/mol. The van der Waals surface area contributed by atoms with Crippen LogP contribution in [0.25, 0.3) is 11.2 Å². The van der Waals surface area contributed by atoms with Gasteiger partial charge in [0.2, 0.25) is 0 Å². The molecule has 3 N–H and O–H groups in total. The minimum absolute atomic E-state index is 0.0211. The van der Waals surface area contributed by atoms with Crippen molar-refractivity contribution in [2.75, 3.05) is 11.9 Å². The molecule has 0 bridgehead atoms. The molecule has 258 valence electrons. The van der Waals surface area contributed by atoms with Gasteiger partial charge in [-0.1, -0.05) is 72.8 Å². The number of halogens is 1. The highest BCUT2D eigenvalue weighted by molar-refractivity contribution is 6.05. The van der Waals surface area contributed by atoms with Crippen molar-refractivity contribution in [1.82, 2.24) is 24.8 Å². The first-order valence-electron chi connectivity index (χ1n) is 16.6. The lowest BCUT2D eigenvalue weighted by molar-refractivity contribution is 0.0992. The van der Waals surface area contributed by atoms with E-state index in [1.54, 1.807) is 61.6 Å². The number of aromatic amines is 2. The molecule has 12 heteroatoms. The molecule has 6 aromatic rings. The summed E-state index contributed by atoms with van der Waals surface area (Å²) in [5.74, 6) is -0.668. The second kappa shape index (κ2) is 14.3. The molecule has 0 spiro atoms. The van der Waals surface area contributed by atoms with Gasteiger partial charge in [-0.05, 0) is 71.8 Å². The Morgan fingerprint density at radius 1 is 0.922 bits per heavy atom. The van der Waals surface area contributed by atoms with Gasteiger partial charge < -0.3 is 19.9 Å². The van der Waals surface area contributed by atoms with Gasteiger partial charge in [-0.2, -0.15) is 0 Å². The monoisotopic (exact) mass is 686 g/mol. The van der Waals surface area contributed by atoms with Crippen LogP contribution < -0.4 is 21.5 Å². The molecule has 7 rings (SSSR count). The van der Waals surface area contributed by atoms with Crippen LogP contribution in [-0.4, -0.2) is 38.6 Å². The molecule has 1 aliphatic carbocycles. The predicted molar refractivity (Wildman–Crippen MR) is 190 cm³/mol. The molecule has 4 aromatic carbocycles. The lowest BCUT2D eigenvalue weighted by Crippen LogP contribution is -2.29. The van der Waals surface area contributed by atoms with Gasteiger partial charge in [0.25, 0.3) is 11.5 Å². The maximum Gasteiger partial charge on any atom is 0.407 e. The van der Waals surface area contributed by atoms with Crippen molar-refractivity contribution in [3.05, 3.63) is 163 Å². The van der Waals surface area contributed by atoms with E-state index in [0.29, 0.717) is 22.6 Å². The number of fused-ring (bicyclic) bond motifs is 1. The van der Waals surface area contributed by atoms with Crippen LogP contribution in [0.2, 0.25) is 0 Å². The van der Waals surface area contributed by atoms with E-state index in [4.69, 9.17) is 9.72 Å². The zero-order valence-corrected chi connectivity index (χ0v) is 27.8. The molecule has 2 aromatic heterocycles. The molecule has 51 heavy (non-hydrogen) atoms. The minimum Gasteiger partial charge on any atom is -0.445 e. The maximum atomic E-state index is 14.9. The lowest BCUT2D eigenvalue weighted by Gasteiger charge is -2.20. The van der Waals surface area contributed by atoms with Gasteiger partial charge in [-0.25, -0.2) is 19.0 Å². The molecule has 0 saturated heterocycles. The highest BCUT2D eigenvalue weighted by atomic mass is 19.1. The van der Waals surface area contributed by atoms with E-state index in [-0.39, 0.29) is 48.5 Å². The summed E-state index contributed by atoms with van der Waals surface area (Å²) in [4.78, 5) is 62.8. The van der Waals surface area contributed by atoms with E-state index >= 15 is 0 Å². The number of aromatic nitrogens is 4. The zero-order valence-electron chi connectivity index (χ0n) is 27.8. The van der Waals surface area contributed by atoms with E-state index in [1.165, 1.54) is 15.5 Å². The number of carbonyl (C=O) groups excluding carboxylic acids is 2. The Morgan fingerprint density at radius 3 is 2.33 bits per heavy atom. The molecule has 0 radical (unpaired) electrons. The van der Waals surface area contributed by atoms with Gasteiger partial charge in [0.1, 0.15) is 23.8 Å².